The Bertz CT molecular complexity index is 548. The van der Waals surface area contributed by atoms with E-state index in [1.54, 1.807) is 17.9 Å². The van der Waals surface area contributed by atoms with Gasteiger partial charge in [-0.3, -0.25) is 14.5 Å². The van der Waals surface area contributed by atoms with Crippen LogP contribution in [0.15, 0.2) is 12.4 Å². The molecule has 2 heterocycles. The van der Waals surface area contributed by atoms with Gasteiger partial charge in [0.15, 0.2) is 6.29 Å². The maximum atomic E-state index is 10.8. The summed E-state index contributed by atoms with van der Waals surface area (Å²) >= 11 is 0. The SMILES string of the molecule is C#Cc1nn(C)c2cncc(C=O)c12. The van der Waals surface area contributed by atoms with Crippen molar-refractivity contribution in [1.29, 1.82) is 0 Å². The Kier molecular flexibility index (Phi) is 1.79. The van der Waals surface area contributed by atoms with Crippen LogP contribution in [0.1, 0.15) is 16.1 Å². The van der Waals surface area contributed by atoms with E-state index in [1.165, 1.54) is 6.20 Å². The molecule has 0 atom stereocenters. The molecule has 4 nitrogen and oxygen atoms in total. The molecule has 0 aliphatic rings. The lowest BCUT2D eigenvalue weighted by Gasteiger charge is -1.94. The lowest BCUT2D eigenvalue weighted by atomic mass is 10.1. The summed E-state index contributed by atoms with van der Waals surface area (Å²) < 4.78 is 1.62. The Hall–Kier alpha value is -2.15. The summed E-state index contributed by atoms with van der Waals surface area (Å²) in [6.45, 7) is 0. The van der Waals surface area contributed by atoms with E-state index in [-0.39, 0.29) is 0 Å². The molecule has 0 unspecified atom stereocenters. The summed E-state index contributed by atoms with van der Waals surface area (Å²) in [5.41, 5.74) is 1.72. The second kappa shape index (κ2) is 2.96. The molecular weight excluding hydrogens is 178 g/mol. The van der Waals surface area contributed by atoms with Crippen molar-refractivity contribution in [3.63, 3.8) is 0 Å². The smallest absolute Gasteiger partial charge is 0.152 e. The molecule has 2 rings (SSSR count). The molecule has 0 N–H and O–H groups in total. The summed E-state index contributed by atoms with van der Waals surface area (Å²) in [6, 6.07) is 0. The summed E-state index contributed by atoms with van der Waals surface area (Å²) in [7, 11) is 1.76. The van der Waals surface area contributed by atoms with Gasteiger partial charge in [0.05, 0.1) is 11.7 Å². The van der Waals surface area contributed by atoms with Crippen molar-refractivity contribution in [3.8, 4) is 12.3 Å². The highest BCUT2D eigenvalue weighted by molar-refractivity contribution is 5.98. The Morgan fingerprint density at radius 2 is 2.36 bits per heavy atom. The fourth-order valence-corrected chi connectivity index (χ4v) is 1.41. The standard InChI is InChI=1S/C10H7N3O/c1-3-8-10-7(6-14)4-11-5-9(10)13(2)12-8/h1,4-6H,2H3. The van der Waals surface area contributed by atoms with Gasteiger partial charge in [0, 0.05) is 24.2 Å². The highest BCUT2D eigenvalue weighted by Crippen LogP contribution is 2.18. The molecule has 4 heteroatoms. The number of aldehydes is 1. The normalized spacial score (nSPS) is 10.0. The van der Waals surface area contributed by atoms with Crippen LogP contribution in [-0.2, 0) is 7.05 Å². The van der Waals surface area contributed by atoms with Gasteiger partial charge in [-0.05, 0) is 5.92 Å². The van der Waals surface area contributed by atoms with Gasteiger partial charge in [0.25, 0.3) is 0 Å². The van der Waals surface area contributed by atoms with Crippen LogP contribution in [-0.4, -0.2) is 21.1 Å². The van der Waals surface area contributed by atoms with Crippen molar-refractivity contribution < 1.29 is 4.79 Å². The van der Waals surface area contributed by atoms with Crippen LogP contribution in [0.4, 0.5) is 0 Å². The second-order valence-electron chi connectivity index (χ2n) is 2.86. The van der Waals surface area contributed by atoms with E-state index in [9.17, 15) is 4.79 Å². The molecule has 0 saturated heterocycles. The van der Waals surface area contributed by atoms with Gasteiger partial charge in [0.1, 0.15) is 5.69 Å². The van der Waals surface area contributed by atoms with E-state index < -0.39 is 0 Å². The molecule has 0 spiro atoms. The van der Waals surface area contributed by atoms with Crippen molar-refractivity contribution in [2.24, 2.45) is 7.05 Å². The maximum Gasteiger partial charge on any atom is 0.152 e. The molecule has 0 fully saturated rings. The number of carbonyl (C=O) groups excluding carboxylic acids is 1. The number of pyridine rings is 1. The first-order valence-corrected chi connectivity index (χ1v) is 4.00. The zero-order valence-corrected chi connectivity index (χ0v) is 7.56. The van der Waals surface area contributed by atoms with Crippen LogP contribution in [0.5, 0.6) is 0 Å². The Morgan fingerprint density at radius 1 is 1.57 bits per heavy atom. The number of carbonyl (C=O) groups is 1. The summed E-state index contributed by atoms with van der Waals surface area (Å²) in [6.07, 6.45) is 9.14. The number of hydrogen-bond donors (Lipinski definition) is 0. The summed E-state index contributed by atoms with van der Waals surface area (Å²) in [4.78, 5) is 14.7. The minimum atomic E-state index is 0.476. The molecule has 0 aliphatic heterocycles. The largest absolute Gasteiger partial charge is 0.298 e. The number of nitrogens with zero attached hydrogens (tertiary/aromatic N) is 3. The van der Waals surface area contributed by atoms with Gasteiger partial charge >= 0.3 is 0 Å². The molecule has 14 heavy (non-hydrogen) atoms. The van der Waals surface area contributed by atoms with E-state index in [0.717, 1.165) is 11.8 Å². The lowest BCUT2D eigenvalue weighted by molar-refractivity contribution is 0.112. The molecule has 0 amide bonds. The van der Waals surface area contributed by atoms with Gasteiger partial charge in [-0.25, -0.2) is 0 Å². The number of hydrogen-bond acceptors (Lipinski definition) is 3. The predicted molar refractivity (Wildman–Crippen MR) is 51.8 cm³/mol. The Balaban J connectivity index is 2.98. The van der Waals surface area contributed by atoms with E-state index in [0.29, 0.717) is 16.6 Å². The third kappa shape index (κ3) is 0.995. The van der Waals surface area contributed by atoms with Crippen LogP contribution in [0.3, 0.4) is 0 Å². The molecule has 0 radical (unpaired) electrons. The third-order valence-electron chi connectivity index (χ3n) is 2.05. The number of aromatic nitrogens is 3. The molecule has 0 aliphatic carbocycles. The molecule has 2 aromatic heterocycles. The van der Waals surface area contributed by atoms with Gasteiger partial charge in [-0.15, -0.1) is 6.42 Å². The number of rotatable bonds is 1. The Morgan fingerprint density at radius 3 is 3.00 bits per heavy atom. The van der Waals surface area contributed by atoms with Crippen molar-refractivity contribution in [2.75, 3.05) is 0 Å². The first-order valence-electron chi connectivity index (χ1n) is 4.00. The monoisotopic (exact) mass is 185 g/mol. The van der Waals surface area contributed by atoms with Crippen LogP contribution < -0.4 is 0 Å². The fourth-order valence-electron chi connectivity index (χ4n) is 1.41. The number of aryl methyl sites for hydroxylation is 1. The Labute approximate surface area is 80.6 Å². The number of terminal acetylenes is 1. The van der Waals surface area contributed by atoms with Crippen LogP contribution in [0, 0.1) is 12.3 Å². The summed E-state index contributed by atoms with van der Waals surface area (Å²) in [5, 5.41) is 4.79. The molecule has 0 aromatic carbocycles. The molecule has 0 saturated carbocycles. The average molecular weight is 185 g/mol. The zero-order valence-electron chi connectivity index (χ0n) is 7.56. The fraction of sp³-hybridized carbons (Fsp3) is 0.100. The quantitative estimate of drug-likeness (QED) is 0.487. The van der Waals surface area contributed by atoms with E-state index in [2.05, 4.69) is 16.0 Å². The van der Waals surface area contributed by atoms with Crippen molar-refractivity contribution in [3.05, 3.63) is 23.7 Å². The molecule has 2 aromatic rings. The van der Waals surface area contributed by atoms with Crippen LogP contribution >= 0.6 is 0 Å². The highest BCUT2D eigenvalue weighted by atomic mass is 16.1. The van der Waals surface area contributed by atoms with Gasteiger partial charge in [-0.1, -0.05) is 0 Å². The van der Waals surface area contributed by atoms with Crippen molar-refractivity contribution >= 4 is 17.2 Å². The molecule has 0 bridgehead atoms. The summed E-state index contributed by atoms with van der Waals surface area (Å²) in [5.74, 6) is 2.45. The topological polar surface area (TPSA) is 47.8 Å². The molecular formula is C10H7N3O. The van der Waals surface area contributed by atoms with E-state index in [4.69, 9.17) is 6.42 Å². The van der Waals surface area contributed by atoms with Crippen LogP contribution in [0.2, 0.25) is 0 Å². The minimum absolute atomic E-state index is 0.476. The minimum Gasteiger partial charge on any atom is -0.298 e. The maximum absolute atomic E-state index is 10.8. The van der Waals surface area contributed by atoms with E-state index in [1.807, 2.05) is 0 Å². The average Bonchev–Trinajstić information content (AvgIpc) is 2.56. The lowest BCUT2D eigenvalue weighted by Crippen LogP contribution is -1.90. The third-order valence-corrected chi connectivity index (χ3v) is 2.05. The van der Waals surface area contributed by atoms with E-state index >= 15 is 0 Å². The first kappa shape index (κ1) is 8.45. The first-order chi connectivity index (χ1) is 6.77. The van der Waals surface area contributed by atoms with Crippen molar-refractivity contribution in [2.45, 2.75) is 0 Å². The number of fused-ring (bicyclic) bond motifs is 1. The van der Waals surface area contributed by atoms with Crippen molar-refractivity contribution in [1.82, 2.24) is 14.8 Å². The van der Waals surface area contributed by atoms with Crippen LogP contribution in [0.25, 0.3) is 10.9 Å². The molecule has 68 valence electrons. The highest BCUT2D eigenvalue weighted by Gasteiger charge is 2.10. The van der Waals surface area contributed by atoms with Gasteiger partial charge in [0.2, 0.25) is 0 Å². The van der Waals surface area contributed by atoms with Gasteiger partial charge in [-0.2, -0.15) is 5.10 Å². The predicted octanol–water partition coefficient (Wildman–Crippen LogP) is 0.762. The zero-order chi connectivity index (χ0) is 10.1. The second-order valence-corrected chi connectivity index (χ2v) is 2.86. The van der Waals surface area contributed by atoms with Gasteiger partial charge < -0.3 is 0 Å².